The van der Waals surface area contributed by atoms with E-state index in [4.69, 9.17) is 16.3 Å². The van der Waals surface area contributed by atoms with E-state index in [1.54, 1.807) is 24.3 Å². The molecule has 20 heavy (non-hydrogen) atoms. The zero-order valence-corrected chi connectivity index (χ0v) is 12.7. The molecule has 1 aromatic carbocycles. The molecule has 8 heteroatoms. The molecule has 6 nitrogen and oxygen atoms in total. The van der Waals surface area contributed by atoms with Crippen LogP contribution in [0.5, 0.6) is 5.75 Å². The van der Waals surface area contributed by atoms with Crippen LogP contribution < -0.4 is 14.8 Å². The third-order valence-corrected chi connectivity index (χ3v) is 3.35. The molecule has 0 amide bonds. The Labute approximate surface area is 124 Å². The van der Waals surface area contributed by atoms with Gasteiger partial charge in [0.2, 0.25) is 10.0 Å². The lowest BCUT2D eigenvalue weighted by atomic mass is 10.3. The summed E-state index contributed by atoms with van der Waals surface area (Å²) >= 11 is 5.91. The fraction of sp³-hybridized carbons (Fsp3) is 0.500. The van der Waals surface area contributed by atoms with Crippen LogP contribution in [0.15, 0.2) is 24.3 Å². The lowest BCUT2D eigenvalue weighted by molar-refractivity contribution is 0.107. The van der Waals surface area contributed by atoms with Gasteiger partial charge in [0.15, 0.2) is 0 Å². The molecule has 1 rings (SSSR count). The second-order valence-corrected chi connectivity index (χ2v) is 6.51. The SMILES string of the molecule is CS(=O)(=O)NCCNCC(O)COc1ccccc1Cl. The number of aliphatic hydroxyl groups excluding tert-OH is 1. The van der Waals surface area contributed by atoms with Gasteiger partial charge in [0.1, 0.15) is 18.5 Å². The van der Waals surface area contributed by atoms with Crippen LogP contribution in [-0.4, -0.2) is 52.1 Å². The highest BCUT2D eigenvalue weighted by molar-refractivity contribution is 7.88. The minimum absolute atomic E-state index is 0.107. The minimum atomic E-state index is -3.17. The van der Waals surface area contributed by atoms with Crippen molar-refractivity contribution in [3.63, 3.8) is 0 Å². The number of benzene rings is 1. The molecule has 1 aromatic rings. The molecular formula is C12H19ClN2O4S. The normalized spacial score (nSPS) is 13.2. The van der Waals surface area contributed by atoms with E-state index in [-0.39, 0.29) is 13.2 Å². The second kappa shape index (κ2) is 8.43. The van der Waals surface area contributed by atoms with E-state index in [1.807, 2.05) is 0 Å². The molecule has 1 atom stereocenters. The van der Waals surface area contributed by atoms with Gasteiger partial charge >= 0.3 is 0 Å². The van der Waals surface area contributed by atoms with Crippen molar-refractivity contribution >= 4 is 21.6 Å². The Bertz CT molecular complexity index is 510. The number of hydrogen-bond acceptors (Lipinski definition) is 5. The van der Waals surface area contributed by atoms with Crippen molar-refractivity contribution < 1.29 is 18.3 Å². The second-order valence-electron chi connectivity index (χ2n) is 4.27. The first-order valence-corrected chi connectivity index (χ1v) is 8.36. The van der Waals surface area contributed by atoms with Gasteiger partial charge in [-0.15, -0.1) is 0 Å². The summed E-state index contributed by atoms with van der Waals surface area (Å²) in [6.45, 7) is 1.11. The summed E-state index contributed by atoms with van der Waals surface area (Å²) in [6.07, 6.45) is 0.392. The largest absolute Gasteiger partial charge is 0.489 e. The Hall–Kier alpha value is -0.860. The molecule has 0 saturated heterocycles. The molecule has 114 valence electrons. The van der Waals surface area contributed by atoms with Gasteiger partial charge < -0.3 is 15.2 Å². The molecule has 0 spiro atoms. The van der Waals surface area contributed by atoms with Gasteiger partial charge in [-0.3, -0.25) is 0 Å². The van der Waals surface area contributed by atoms with E-state index in [1.165, 1.54) is 0 Å². The van der Waals surface area contributed by atoms with Gasteiger partial charge in [0, 0.05) is 19.6 Å². The van der Waals surface area contributed by atoms with E-state index < -0.39 is 16.1 Å². The Balaban J connectivity index is 2.15. The standard InChI is InChI=1S/C12H19ClN2O4S/c1-20(17,18)15-7-6-14-8-10(16)9-19-12-5-3-2-4-11(12)13/h2-5,10,14-16H,6-9H2,1H3. The van der Waals surface area contributed by atoms with Crippen LogP contribution in [0.1, 0.15) is 0 Å². The van der Waals surface area contributed by atoms with Crippen molar-refractivity contribution in [2.45, 2.75) is 6.10 Å². The van der Waals surface area contributed by atoms with Crippen molar-refractivity contribution in [1.29, 1.82) is 0 Å². The average molecular weight is 323 g/mol. The number of aliphatic hydroxyl groups is 1. The fourth-order valence-electron chi connectivity index (χ4n) is 1.40. The number of ether oxygens (including phenoxy) is 1. The minimum Gasteiger partial charge on any atom is -0.489 e. The number of sulfonamides is 1. The van der Waals surface area contributed by atoms with Crippen LogP contribution in [0.25, 0.3) is 0 Å². The first-order valence-electron chi connectivity index (χ1n) is 6.09. The maximum atomic E-state index is 10.8. The molecule has 0 aliphatic rings. The molecule has 0 aliphatic carbocycles. The average Bonchev–Trinajstić information content (AvgIpc) is 2.36. The molecule has 3 N–H and O–H groups in total. The lowest BCUT2D eigenvalue weighted by Gasteiger charge is -2.14. The van der Waals surface area contributed by atoms with Crippen LogP contribution in [-0.2, 0) is 10.0 Å². The third kappa shape index (κ3) is 7.66. The summed E-state index contributed by atoms with van der Waals surface area (Å²) in [5.74, 6) is 0.520. The Morgan fingerprint density at radius 3 is 2.70 bits per heavy atom. The van der Waals surface area contributed by atoms with Crippen molar-refractivity contribution in [3.05, 3.63) is 29.3 Å². The third-order valence-electron chi connectivity index (χ3n) is 2.31. The maximum Gasteiger partial charge on any atom is 0.208 e. The predicted molar refractivity (Wildman–Crippen MR) is 78.7 cm³/mol. The fourth-order valence-corrected chi connectivity index (χ4v) is 2.06. The number of nitrogens with one attached hydrogen (secondary N) is 2. The van der Waals surface area contributed by atoms with Crippen LogP contribution in [0.2, 0.25) is 5.02 Å². The van der Waals surface area contributed by atoms with E-state index in [9.17, 15) is 13.5 Å². The summed E-state index contributed by atoms with van der Waals surface area (Å²) < 4.78 is 29.3. The van der Waals surface area contributed by atoms with Gasteiger partial charge in [-0.05, 0) is 12.1 Å². The predicted octanol–water partition coefficient (Wildman–Crippen LogP) is 0.219. The van der Waals surface area contributed by atoms with E-state index in [2.05, 4.69) is 10.0 Å². The van der Waals surface area contributed by atoms with Crippen LogP contribution in [0.3, 0.4) is 0 Å². The first kappa shape index (κ1) is 17.2. The van der Waals surface area contributed by atoms with Crippen molar-refractivity contribution in [1.82, 2.24) is 10.0 Å². The molecule has 0 saturated carbocycles. The highest BCUT2D eigenvalue weighted by Gasteiger charge is 2.07. The highest BCUT2D eigenvalue weighted by Crippen LogP contribution is 2.22. The van der Waals surface area contributed by atoms with Gasteiger partial charge in [0.25, 0.3) is 0 Å². The van der Waals surface area contributed by atoms with Crippen molar-refractivity contribution in [3.8, 4) is 5.75 Å². The maximum absolute atomic E-state index is 10.8. The Morgan fingerprint density at radius 1 is 1.35 bits per heavy atom. The Morgan fingerprint density at radius 2 is 2.05 bits per heavy atom. The summed E-state index contributed by atoms with van der Waals surface area (Å²) in [6, 6.07) is 7.02. The van der Waals surface area contributed by atoms with Gasteiger partial charge in [0.05, 0.1) is 11.3 Å². The first-order chi connectivity index (χ1) is 9.38. The summed E-state index contributed by atoms with van der Waals surface area (Å²) in [4.78, 5) is 0. The van der Waals surface area contributed by atoms with E-state index >= 15 is 0 Å². The topological polar surface area (TPSA) is 87.7 Å². The quantitative estimate of drug-likeness (QED) is 0.566. The smallest absolute Gasteiger partial charge is 0.208 e. The van der Waals surface area contributed by atoms with E-state index in [0.29, 0.717) is 23.9 Å². The lowest BCUT2D eigenvalue weighted by Crippen LogP contribution is -2.36. The molecule has 1 unspecified atom stereocenters. The zero-order valence-electron chi connectivity index (χ0n) is 11.2. The van der Waals surface area contributed by atoms with Crippen LogP contribution >= 0.6 is 11.6 Å². The van der Waals surface area contributed by atoms with E-state index in [0.717, 1.165) is 6.26 Å². The highest BCUT2D eigenvalue weighted by atomic mass is 35.5. The molecule has 0 fully saturated rings. The van der Waals surface area contributed by atoms with Crippen molar-refractivity contribution in [2.24, 2.45) is 0 Å². The molecular weight excluding hydrogens is 304 g/mol. The van der Waals surface area contributed by atoms with Gasteiger partial charge in [-0.25, -0.2) is 13.1 Å². The summed E-state index contributed by atoms with van der Waals surface area (Å²) in [5.41, 5.74) is 0. The number of halogens is 1. The Kier molecular flexibility index (Phi) is 7.25. The molecule has 0 aliphatic heterocycles. The summed E-state index contributed by atoms with van der Waals surface area (Å²) in [5, 5.41) is 13.1. The summed E-state index contributed by atoms with van der Waals surface area (Å²) in [7, 11) is -3.17. The molecule has 0 aromatic heterocycles. The van der Waals surface area contributed by atoms with Gasteiger partial charge in [-0.1, -0.05) is 23.7 Å². The van der Waals surface area contributed by atoms with Crippen LogP contribution in [0, 0.1) is 0 Å². The number of rotatable bonds is 9. The monoisotopic (exact) mass is 322 g/mol. The number of para-hydroxylation sites is 1. The molecule has 0 radical (unpaired) electrons. The van der Waals surface area contributed by atoms with Crippen LogP contribution in [0.4, 0.5) is 0 Å². The molecule has 0 heterocycles. The van der Waals surface area contributed by atoms with Crippen molar-refractivity contribution in [2.75, 3.05) is 32.5 Å². The molecule has 0 bridgehead atoms. The zero-order chi connectivity index (χ0) is 15.0. The number of hydrogen-bond donors (Lipinski definition) is 3. The van der Waals surface area contributed by atoms with Gasteiger partial charge in [-0.2, -0.15) is 0 Å².